The van der Waals surface area contributed by atoms with Crippen molar-refractivity contribution in [3.05, 3.63) is 32.5 Å². The molecule has 1 aromatic heterocycles. The Balaban J connectivity index is 2.73. The zero-order chi connectivity index (χ0) is 21.1. The van der Waals surface area contributed by atoms with Crippen LogP contribution in [-0.2, 0) is 0 Å². The fourth-order valence-electron chi connectivity index (χ4n) is 1.78. The van der Waals surface area contributed by atoms with Crippen molar-refractivity contribution in [1.29, 1.82) is 5.26 Å². The van der Waals surface area contributed by atoms with Gasteiger partial charge in [-0.3, -0.25) is 0 Å². The first-order valence-electron chi connectivity index (χ1n) is 6.02. The first-order valence-corrected chi connectivity index (χ1v) is 10.3. The summed E-state index contributed by atoms with van der Waals surface area (Å²) in [5.74, 6) is 0. The maximum Gasteiger partial charge on any atom is 0.446 e. The average Bonchev–Trinajstić information content (AvgIpc) is 2.71. The van der Waals surface area contributed by atoms with Gasteiger partial charge in [0.2, 0.25) is 0 Å². The largest absolute Gasteiger partial charge is 0.446 e. The maximum absolute atomic E-state index is 12.9. The van der Waals surface area contributed by atoms with Gasteiger partial charge >= 0.3 is 15.7 Å². The summed E-state index contributed by atoms with van der Waals surface area (Å²) >= 11 is 13.2. The topological polar surface area (TPSA) is 41.6 Å². The van der Waals surface area contributed by atoms with E-state index in [9.17, 15) is 32.6 Å². The van der Waals surface area contributed by atoms with Crippen molar-refractivity contribution < 1.29 is 32.6 Å². The van der Waals surface area contributed by atoms with Crippen molar-refractivity contribution in [1.82, 2.24) is 9.78 Å². The van der Waals surface area contributed by atoms with Crippen LogP contribution in [0.25, 0.3) is 5.69 Å². The molecule has 3 nitrogen and oxygen atoms in total. The summed E-state index contributed by atoms with van der Waals surface area (Å²) in [6, 6.07) is 1.12. The fourth-order valence-corrected chi connectivity index (χ4v) is 4.51. The molecule has 0 radical (unpaired) electrons. The molecular formula is C11H2BrCl2F8N3S2. The third kappa shape index (κ3) is 4.94. The number of nitrogens with zero attached hydrogens (tertiary/aromatic N) is 3. The summed E-state index contributed by atoms with van der Waals surface area (Å²) in [5, 5.41) is 10.5. The van der Waals surface area contributed by atoms with Crippen molar-refractivity contribution >= 4 is 61.1 Å². The molecule has 2 aromatic rings. The van der Waals surface area contributed by atoms with Crippen LogP contribution in [0.3, 0.4) is 0 Å². The van der Waals surface area contributed by atoms with Crippen molar-refractivity contribution in [3.63, 3.8) is 0 Å². The van der Waals surface area contributed by atoms with E-state index in [1.54, 1.807) is 0 Å². The zero-order valence-electron chi connectivity index (χ0n) is 12.0. The molecule has 150 valence electrons. The smallest absolute Gasteiger partial charge is 0.221 e. The molecule has 0 spiro atoms. The highest BCUT2D eigenvalue weighted by atomic mass is 79.9. The van der Waals surface area contributed by atoms with Gasteiger partial charge < -0.3 is 0 Å². The highest BCUT2D eigenvalue weighted by Crippen LogP contribution is 3.02. The molecule has 1 heterocycles. The van der Waals surface area contributed by atoms with E-state index in [2.05, 4.69) is 21.0 Å². The van der Waals surface area contributed by atoms with E-state index in [0.29, 0.717) is 4.68 Å². The molecule has 0 atom stereocenters. The predicted octanol–water partition coefficient (Wildman–Crippen LogP) is 8.08. The monoisotopic (exact) mass is 541 g/mol. The van der Waals surface area contributed by atoms with Crippen LogP contribution < -0.4 is 0 Å². The summed E-state index contributed by atoms with van der Waals surface area (Å²) < 4.78 is 102. The number of halogens is 11. The lowest BCUT2D eigenvalue weighted by molar-refractivity contribution is -0.0328. The Bertz CT molecular complexity index is 958. The van der Waals surface area contributed by atoms with Crippen LogP contribution in [0.2, 0.25) is 10.0 Å². The van der Waals surface area contributed by atoms with Gasteiger partial charge in [-0.15, -0.1) is 0 Å². The van der Waals surface area contributed by atoms with Gasteiger partial charge in [-0.2, -0.15) is 23.5 Å². The van der Waals surface area contributed by atoms with Gasteiger partial charge in [-0.1, -0.05) is 42.6 Å². The number of benzene rings is 1. The van der Waals surface area contributed by atoms with Crippen LogP contribution in [-0.4, -0.2) is 15.3 Å². The molecule has 1 aromatic carbocycles. The SMILES string of the molecule is N#Cc1nn(-c2c(Cl)cc(S(F)(F)(F)(F)F)cc2Cl)c(Br)c1SC(F)(F)F. The number of alkyl halides is 3. The first-order chi connectivity index (χ1) is 11.8. The van der Waals surface area contributed by atoms with Crippen LogP contribution in [0.4, 0.5) is 32.6 Å². The molecule has 0 aliphatic rings. The summed E-state index contributed by atoms with van der Waals surface area (Å²) in [6.45, 7) is 0. The molecule has 0 amide bonds. The van der Waals surface area contributed by atoms with E-state index >= 15 is 0 Å². The van der Waals surface area contributed by atoms with Crippen LogP contribution in [0.5, 0.6) is 0 Å². The first kappa shape index (κ1) is 22.4. The molecule has 0 aliphatic carbocycles. The Morgan fingerprint density at radius 3 is 1.96 bits per heavy atom. The van der Waals surface area contributed by atoms with E-state index < -0.39 is 63.3 Å². The Hall–Kier alpha value is -0.880. The number of rotatable bonds is 3. The summed E-state index contributed by atoms with van der Waals surface area (Å²) in [7, 11) is -10.1. The molecule has 16 heteroatoms. The Morgan fingerprint density at radius 2 is 1.59 bits per heavy atom. The molecule has 0 bridgehead atoms. The molecule has 0 saturated heterocycles. The lowest BCUT2D eigenvalue weighted by Crippen LogP contribution is -2.08. The maximum atomic E-state index is 12.9. The van der Waals surface area contributed by atoms with Gasteiger partial charge in [0, 0.05) is 0 Å². The van der Waals surface area contributed by atoms with Gasteiger partial charge in [-0.25, -0.2) is 4.68 Å². The Morgan fingerprint density at radius 1 is 1.11 bits per heavy atom. The minimum absolute atomic E-state index is 0.124. The second-order valence-electron chi connectivity index (χ2n) is 4.74. The lowest BCUT2D eigenvalue weighted by atomic mass is 10.3. The minimum atomic E-state index is -10.1. The third-order valence-corrected chi connectivity index (χ3v) is 6.28. The summed E-state index contributed by atoms with van der Waals surface area (Å²) in [6.07, 6.45) is 0. The van der Waals surface area contributed by atoms with Crippen molar-refractivity contribution in [2.45, 2.75) is 15.3 Å². The van der Waals surface area contributed by atoms with Gasteiger partial charge in [0.15, 0.2) is 5.69 Å². The van der Waals surface area contributed by atoms with E-state index in [0.717, 1.165) is 0 Å². The Kier molecular flexibility index (Phi) is 5.03. The average molecular weight is 543 g/mol. The number of thioether (sulfide) groups is 1. The predicted molar refractivity (Wildman–Crippen MR) is 89.3 cm³/mol. The molecule has 0 saturated carbocycles. The normalized spacial score (nSPS) is 15.2. The number of nitriles is 1. The van der Waals surface area contributed by atoms with Crippen molar-refractivity contribution in [2.75, 3.05) is 0 Å². The van der Waals surface area contributed by atoms with Crippen LogP contribution in [0.1, 0.15) is 5.69 Å². The second-order valence-corrected chi connectivity index (χ2v) is 9.79. The lowest BCUT2D eigenvalue weighted by Gasteiger charge is -2.40. The van der Waals surface area contributed by atoms with Gasteiger partial charge in [0.25, 0.3) is 0 Å². The quantitative estimate of drug-likeness (QED) is 0.291. The molecule has 27 heavy (non-hydrogen) atoms. The third-order valence-electron chi connectivity index (χ3n) is 2.76. The molecule has 0 unspecified atom stereocenters. The Labute approximate surface area is 168 Å². The van der Waals surface area contributed by atoms with Gasteiger partial charge in [-0.05, 0) is 39.8 Å². The van der Waals surface area contributed by atoms with E-state index in [1.807, 2.05) is 0 Å². The summed E-state index contributed by atoms with van der Waals surface area (Å²) in [5.41, 5.74) is -6.18. The number of hydrogen-bond acceptors (Lipinski definition) is 3. The minimum Gasteiger partial charge on any atom is -0.221 e. The molecule has 0 aliphatic heterocycles. The van der Waals surface area contributed by atoms with Gasteiger partial charge in [0.05, 0.1) is 14.9 Å². The van der Waals surface area contributed by atoms with Crippen molar-refractivity contribution in [2.24, 2.45) is 0 Å². The molecule has 0 fully saturated rings. The fraction of sp³-hybridized carbons (Fsp3) is 0.0909. The molecular weight excluding hydrogens is 541 g/mol. The van der Waals surface area contributed by atoms with E-state index in [-0.39, 0.29) is 12.1 Å². The molecule has 2 rings (SSSR count). The van der Waals surface area contributed by atoms with Crippen molar-refractivity contribution in [3.8, 4) is 11.8 Å². The zero-order valence-corrected chi connectivity index (χ0v) is 16.7. The highest BCUT2D eigenvalue weighted by molar-refractivity contribution is 9.10. The number of hydrogen-bond donors (Lipinski definition) is 0. The van der Waals surface area contributed by atoms with Crippen LogP contribution >= 0.6 is 61.1 Å². The standard InChI is InChI=1S/C11H2BrCl2F8N3S2/c12-10-9(26-11(15,16)17)7(3-23)24-25(10)8-5(13)1-4(2-6(8)14)27(18,19,20,21)22/h1-2H. The van der Waals surface area contributed by atoms with Crippen LogP contribution in [0.15, 0.2) is 26.5 Å². The van der Waals surface area contributed by atoms with E-state index in [1.165, 1.54) is 6.07 Å². The van der Waals surface area contributed by atoms with Crippen LogP contribution in [0, 0.1) is 11.3 Å². The van der Waals surface area contributed by atoms with Gasteiger partial charge in [0.1, 0.15) is 21.3 Å². The molecule has 0 N–H and O–H groups in total. The number of aromatic nitrogens is 2. The second kappa shape index (κ2) is 6.06. The summed E-state index contributed by atoms with van der Waals surface area (Å²) in [4.78, 5) is -3.10. The van der Waals surface area contributed by atoms with E-state index in [4.69, 9.17) is 28.5 Å². The highest BCUT2D eigenvalue weighted by Gasteiger charge is 2.65.